The molecule has 0 atom stereocenters. The highest BCUT2D eigenvalue weighted by Crippen LogP contribution is 2.21. The van der Waals surface area contributed by atoms with E-state index < -0.39 is 0 Å². The molecule has 2 aromatic carbocycles. The standard InChI is InChI=1S/C16H12Cl2N2O/c17-14-6-5-12(15(18)9-14)7-8-20-16(21)13-3-1-11(10-19)2-4-13/h1-6,9H,7-8H2,(H,20,21). The molecule has 0 aromatic heterocycles. The minimum Gasteiger partial charge on any atom is -0.352 e. The molecule has 0 aliphatic rings. The lowest BCUT2D eigenvalue weighted by molar-refractivity contribution is 0.0954. The van der Waals surface area contributed by atoms with Gasteiger partial charge in [0.05, 0.1) is 11.6 Å². The van der Waals surface area contributed by atoms with Gasteiger partial charge in [-0.3, -0.25) is 4.79 Å². The highest BCUT2D eigenvalue weighted by molar-refractivity contribution is 6.35. The van der Waals surface area contributed by atoms with E-state index in [-0.39, 0.29) is 5.91 Å². The monoisotopic (exact) mass is 318 g/mol. The Morgan fingerprint density at radius 2 is 1.86 bits per heavy atom. The highest BCUT2D eigenvalue weighted by Gasteiger charge is 2.06. The Morgan fingerprint density at radius 3 is 2.48 bits per heavy atom. The van der Waals surface area contributed by atoms with Gasteiger partial charge in [0.2, 0.25) is 0 Å². The third-order valence-corrected chi connectivity index (χ3v) is 3.56. The molecule has 0 saturated carbocycles. The van der Waals surface area contributed by atoms with Gasteiger partial charge in [0, 0.05) is 22.2 Å². The molecule has 0 fully saturated rings. The first kappa shape index (κ1) is 15.4. The van der Waals surface area contributed by atoms with E-state index in [0.29, 0.717) is 34.1 Å². The van der Waals surface area contributed by atoms with E-state index in [9.17, 15) is 4.79 Å². The maximum absolute atomic E-state index is 11.9. The summed E-state index contributed by atoms with van der Waals surface area (Å²) in [6.07, 6.45) is 0.623. The second-order valence-corrected chi connectivity index (χ2v) is 5.27. The van der Waals surface area contributed by atoms with Crippen molar-refractivity contribution in [2.24, 2.45) is 0 Å². The Bertz CT molecular complexity index is 690. The van der Waals surface area contributed by atoms with Gasteiger partial charge >= 0.3 is 0 Å². The van der Waals surface area contributed by atoms with E-state index in [0.717, 1.165) is 5.56 Å². The van der Waals surface area contributed by atoms with Crippen molar-refractivity contribution in [3.8, 4) is 6.07 Å². The van der Waals surface area contributed by atoms with Crippen LogP contribution in [0.5, 0.6) is 0 Å². The van der Waals surface area contributed by atoms with Crippen LogP contribution in [0.15, 0.2) is 42.5 Å². The van der Waals surface area contributed by atoms with Gasteiger partial charge in [-0.15, -0.1) is 0 Å². The Balaban J connectivity index is 1.90. The summed E-state index contributed by atoms with van der Waals surface area (Å²) in [5.41, 5.74) is 1.98. The molecule has 2 rings (SSSR count). The molecule has 0 radical (unpaired) electrons. The molecule has 0 heterocycles. The van der Waals surface area contributed by atoms with Gasteiger partial charge in [-0.25, -0.2) is 0 Å². The van der Waals surface area contributed by atoms with E-state index in [1.54, 1.807) is 36.4 Å². The fraction of sp³-hybridized carbons (Fsp3) is 0.125. The van der Waals surface area contributed by atoms with Gasteiger partial charge in [0.15, 0.2) is 0 Å². The molecule has 0 spiro atoms. The molecule has 5 heteroatoms. The zero-order valence-corrected chi connectivity index (χ0v) is 12.6. The molecule has 1 N–H and O–H groups in total. The van der Waals surface area contributed by atoms with Gasteiger partial charge in [-0.05, 0) is 48.4 Å². The first-order valence-corrected chi connectivity index (χ1v) is 7.08. The first-order chi connectivity index (χ1) is 10.1. The third-order valence-electron chi connectivity index (χ3n) is 2.97. The number of carbonyl (C=O) groups is 1. The Kier molecular flexibility index (Phi) is 5.21. The summed E-state index contributed by atoms with van der Waals surface area (Å²) in [6.45, 7) is 0.472. The van der Waals surface area contributed by atoms with E-state index in [4.69, 9.17) is 28.5 Å². The summed E-state index contributed by atoms with van der Waals surface area (Å²) in [5, 5.41) is 12.7. The number of hydrogen-bond acceptors (Lipinski definition) is 2. The minimum atomic E-state index is -0.176. The van der Waals surface area contributed by atoms with Crippen LogP contribution < -0.4 is 5.32 Å². The van der Waals surface area contributed by atoms with Crippen LogP contribution in [0.4, 0.5) is 0 Å². The van der Waals surface area contributed by atoms with Crippen molar-refractivity contribution in [1.29, 1.82) is 5.26 Å². The van der Waals surface area contributed by atoms with Crippen molar-refractivity contribution < 1.29 is 4.79 Å². The smallest absolute Gasteiger partial charge is 0.251 e. The van der Waals surface area contributed by atoms with E-state index >= 15 is 0 Å². The number of benzene rings is 2. The molecule has 0 aliphatic heterocycles. The largest absolute Gasteiger partial charge is 0.352 e. The van der Waals surface area contributed by atoms with Crippen LogP contribution in [-0.4, -0.2) is 12.5 Å². The molecule has 0 aliphatic carbocycles. The van der Waals surface area contributed by atoms with Crippen LogP contribution in [-0.2, 0) is 6.42 Å². The van der Waals surface area contributed by atoms with Crippen LogP contribution in [0.2, 0.25) is 10.0 Å². The molecule has 0 saturated heterocycles. The maximum Gasteiger partial charge on any atom is 0.251 e. The van der Waals surface area contributed by atoms with Crippen LogP contribution in [0, 0.1) is 11.3 Å². The molecule has 21 heavy (non-hydrogen) atoms. The average Bonchev–Trinajstić information content (AvgIpc) is 2.49. The summed E-state index contributed by atoms with van der Waals surface area (Å²) in [5.74, 6) is -0.176. The van der Waals surface area contributed by atoms with Crippen LogP contribution in [0.25, 0.3) is 0 Å². The van der Waals surface area contributed by atoms with Crippen LogP contribution in [0.3, 0.4) is 0 Å². The van der Waals surface area contributed by atoms with Gasteiger partial charge < -0.3 is 5.32 Å². The molecule has 2 aromatic rings. The summed E-state index contributed by atoms with van der Waals surface area (Å²) >= 11 is 11.9. The summed E-state index contributed by atoms with van der Waals surface area (Å²) in [4.78, 5) is 11.9. The molecular weight excluding hydrogens is 307 g/mol. The quantitative estimate of drug-likeness (QED) is 0.931. The molecule has 3 nitrogen and oxygen atoms in total. The fourth-order valence-corrected chi connectivity index (χ4v) is 2.34. The minimum absolute atomic E-state index is 0.176. The normalized spacial score (nSPS) is 9.95. The predicted molar refractivity (Wildman–Crippen MR) is 83.7 cm³/mol. The van der Waals surface area contributed by atoms with Crippen molar-refractivity contribution in [1.82, 2.24) is 5.32 Å². The number of hydrogen-bond donors (Lipinski definition) is 1. The maximum atomic E-state index is 11.9. The van der Waals surface area contributed by atoms with Crippen molar-refractivity contribution in [2.45, 2.75) is 6.42 Å². The van der Waals surface area contributed by atoms with Crippen molar-refractivity contribution in [3.05, 3.63) is 69.2 Å². The molecule has 106 valence electrons. The van der Waals surface area contributed by atoms with Gasteiger partial charge in [-0.2, -0.15) is 5.26 Å². The Hall–Kier alpha value is -2.02. The van der Waals surface area contributed by atoms with E-state index in [1.807, 2.05) is 12.1 Å². The lowest BCUT2D eigenvalue weighted by Crippen LogP contribution is -2.25. The Morgan fingerprint density at radius 1 is 1.14 bits per heavy atom. The van der Waals surface area contributed by atoms with Gasteiger partial charge in [0.1, 0.15) is 0 Å². The number of nitriles is 1. The third kappa shape index (κ3) is 4.22. The number of nitrogens with zero attached hydrogens (tertiary/aromatic N) is 1. The number of nitrogens with one attached hydrogen (secondary N) is 1. The lowest BCUT2D eigenvalue weighted by Gasteiger charge is -2.07. The van der Waals surface area contributed by atoms with E-state index in [1.165, 1.54) is 0 Å². The lowest BCUT2D eigenvalue weighted by atomic mass is 10.1. The fourth-order valence-electron chi connectivity index (χ4n) is 1.83. The zero-order chi connectivity index (χ0) is 15.2. The Labute approximate surface area is 133 Å². The van der Waals surface area contributed by atoms with Crippen molar-refractivity contribution in [2.75, 3.05) is 6.54 Å². The van der Waals surface area contributed by atoms with E-state index in [2.05, 4.69) is 5.32 Å². The van der Waals surface area contributed by atoms with Gasteiger partial charge in [0.25, 0.3) is 5.91 Å². The second-order valence-electron chi connectivity index (χ2n) is 4.43. The number of carbonyl (C=O) groups excluding carboxylic acids is 1. The topological polar surface area (TPSA) is 52.9 Å². The average molecular weight is 319 g/mol. The number of rotatable bonds is 4. The SMILES string of the molecule is N#Cc1ccc(C(=O)NCCc2ccc(Cl)cc2Cl)cc1. The number of halogens is 2. The molecular formula is C16H12Cl2N2O. The molecule has 1 amide bonds. The first-order valence-electron chi connectivity index (χ1n) is 6.32. The van der Waals surface area contributed by atoms with Gasteiger partial charge in [-0.1, -0.05) is 29.3 Å². The van der Waals surface area contributed by atoms with Crippen LogP contribution in [0.1, 0.15) is 21.5 Å². The summed E-state index contributed by atoms with van der Waals surface area (Å²) in [7, 11) is 0. The molecule has 0 bridgehead atoms. The zero-order valence-electron chi connectivity index (χ0n) is 11.1. The molecule has 0 unspecified atom stereocenters. The number of amides is 1. The summed E-state index contributed by atoms with van der Waals surface area (Å²) < 4.78 is 0. The predicted octanol–water partition coefficient (Wildman–Crippen LogP) is 3.84. The summed E-state index contributed by atoms with van der Waals surface area (Å²) in [6, 6.07) is 13.8. The van der Waals surface area contributed by atoms with Crippen molar-refractivity contribution >= 4 is 29.1 Å². The second kappa shape index (κ2) is 7.12. The van der Waals surface area contributed by atoms with Crippen molar-refractivity contribution in [3.63, 3.8) is 0 Å². The van der Waals surface area contributed by atoms with Crippen LogP contribution >= 0.6 is 23.2 Å². The highest BCUT2D eigenvalue weighted by atomic mass is 35.5.